The lowest BCUT2D eigenvalue weighted by atomic mass is 9.86. The number of aromatic amines is 1. The number of amides is 1. The number of hydrogen-bond donors (Lipinski definition) is 3. The van der Waals surface area contributed by atoms with Gasteiger partial charge in [-0.2, -0.15) is 4.31 Å². The third kappa shape index (κ3) is 6.02. The van der Waals surface area contributed by atoms with Crippen LogP contribution in [0, 0.1) is 0 Å². The van der Waals surface area contributed by atoms with E-state index in [-0.39, 0.29) is 29.1 Å². The fourth-order valence-electron chi connectivity index (χ4n) is 5.06. The van der Waals surface area contributed by atoms with Gasteiger partial charge in [0, 0.05) is 54.9 Å². The number of thiazole rings is 1. The zero-order chi connectivity index (χ0) is 26.7. The van der Waals surface area contributed by atoms with Crippen LogP contribution in [0.5, 0.6) is 0 Å². The number of imidazole rings is 1. The number of H-pyrrole nitrogens is 1. The van der Waals surface area contributed by atoms with Crippen molar-refractivity contribution in [1.82, 2.24) is 24.6 Å². The Labute approximate surface area is 227 Å². The Kier molecular flexibility index (Phi) is 8.01. The largest absolute Gasteiger partial charge is 0.447 e. The van der Waals surface area contributed by atoms with Gasteiger partial charge in [-0.25, -0.2) is 23.2 Å². The molecule has 1 aliphatic heterocycles. The number of rotatable bonds is 8. The first-order valence-electron chi connectivity index (χ1n) is 13.1. The standard InChI is InChI=1S/C26H34N6O4S2/c1-17(2)36-26(33)31-19-7-5-18(6-8-19)24-29-16-22(37-24)21-10-9-20(30-25-27-11-12-28-25)15-23(21)38(34,35)32-13-3-4-14-32/h9-12,15-19H,3-8,13-14H2,1-2H3,(H,31,33)(H2,27,28,30)/t18-,19-. The second-order valence-corrected chi connectivity index (χ2v) is 13.1. The van der Waals surface area contributed by atoms with Gasteiger partial charge >= 0.3 is 6.09 Å². The van der Waals surface area contributed by atoms with E-state index in [4.69, 9.17) is 9.72 Å². The van der Waals surface area contributed by atoms with Gasteiger partial charge < -0.3 is 20.4 Å². The van der Waals surface area contributed by atoms with E-state index in [9.17, 15) is 13.2 Å². The Morgan fingerprint density at radius 3 is 2.61 bits per heavy atom. The molecular weight excluding hydrogens is 524 g/mol. The Morgan fingerprint density at radius 1 is 1.16 bits per heavy atom. The number of aromatic nitrogens is 3. The molecule has 1 saturated heterocycles. The molecule has 12 heteroatoms. The third-order valence-electron chi connectivity index (χ3n) is 6.96. The molecule has 0 radical (unpaired) electrons. The van der Waals surface area contributed by atoms with Crippen LogP contribution in [-0.2, 0) is 14.8 Å². The number of carbonyl (C=O) groups is 1. The van der Waals surface area contributed by atoms with Gasteiger partial charge in [-0.1, -0.05) is 6.07 Å². The molecule has 0 atom stereocenters. The summed E-state index contributed by atoms with van der Waals surface area (Å²) in [7, 11) is -3.67. The lowest BCUT2D eigenvalue weighted by molar-refractivity contribution is 0.109. The first-order chi connectivity index (χ1) is 18.3. The summed E-state index contributed by atoms with van der Waals surface area (Å²) in [5.41, 5.74) is 1.31. The smallest absolute Gasteiger partial charge is 0.407 e. The predicted octanol–water partition coefficient (Wildman–Crippen LogP) is 5.22. The van der Waals surface area contributed by atoms with Crippen LogP contribution in [-0.4, -0.2) is 59.0 Å². The highest BCUT2D eigenvalue weighted by atomic mass is 32.2. The summed E-state index contributed by atoms with van der Waals surface area (Å²) in [5.74, 6) is 0.830. The predicted molar refractivity (Wildman–Crippen MR) is 147 cm³/mol. The van der Waals surface area contributed by atoms with Crippen molar-refractivity contribution in [3.8, 4) is 10.4 Å². The number of hydrogen-bond acceptors (Lipinski definition) is 8. The SMILES string of the molecule is CC(C)OC(=O)N[C@H]1CC[C@H](c2ncc(-c3ccc(Nc4ncc[nH]4)cc3S(=O)(=O)N3CCCC3)s2)CC1. The van der Waals surface area contributed by atoms with Crippen LogP contribution in [0.3, 0.4) is 0 Å². The summed E-state index contributed by atoms with van der Waals surface area (Å²) < 4.78 is 34.2. The van der Waals surface area contributed by atoms with E-state index in [0.29, 0.717) is 30.3 Å². The van der Waals surface area contributed by atoms with Crippen LogP contribution in [0.25, 0.3) is 10.4 Å². The van der Waals surface area contributed by atoms with E-state index in [1.807, 2.05) is 26.0 Å². The average molecular weight is 559 g/mol. The van der Waals surface area contributed by atoms with Gasteiger partial charge in [-0.15, -0.1) is 11.3 Å². The number of nitrogens with zero attached hydrogens (tertiary/aromatic N) is 3. The second-order valence-electron chi connectivity index (χ2n) is 10.1. The first-order valence-corrected chi connectivity index (χ1v) is 15.4. The first kappa shape index (κ1) is 26.6. The van der Waals surface area contributed by atoms with E-state index in [0.717, 1.165) is 48.4 Å². The monoisotopic (exact) mass is 558 g/mol. The molecule has 3 N–H and O–H groups in total. The number of nitrogens with one attached hydrogen (secondary N) is 3. The highest BCUT2D eigenvalue weighted by Gasteiger charge is 2.31. The van der Waals surface area contributed by atoms with Crippen molar-refractivity contribution in [2.75, 3.05) is 18.4 Å². The lowest BCUT2D eigenvalue weighted by Crippen LogP contribution is -2.38. The molecule has 2 fully saturated rings. The Bertz CT molecular complexity index is 1340. The number of carbonyl (C=O) groups excluding carboxylic acids is 1. The molecule has 38 heavy (non-hydrogen) atoms. The topological polar surface area (TPSA) is 129 Å². The van der Waals surface area contributed by atoms with Crippen molar-refractivity contribution in [2.45, 2.75) is 75.3 Å². The van der Waals surface area contributed by atoms with Crippen LogP contribution < -0.4 is 10.6 Å². The van der Waals surface area contributed by atoms with Crippen LogP contribution in [0.4, 0.5) is 16.4 Å². The van der Waals surface area contributed by atoms with E-state index in [2.05, 4.69) is 20.6 Å². The molecule has 1 amide bonds. The van der Waals surface area contributed by atoms with Gasteiger partial charge in [-0.3, -0.25) is 0 Å². The van der Waals surface area contributed by atoms with Crippen LogP contribution in [0.2, 0.25) is 0 Å². The quantitative estimate of drug-likeness (QED) is 0.346. The number of sulfonamides is 1. The highest BCUT2D eigenvalue weighted by Crippen LogP contribution is 2.41. The van der Waals surface area contributed by atoms with Gasteiger partial charge in [0.25, 0.3) is 0 Å². The van der Waals surface area contributed by atoms with Gasteiger partial charge in [0.05, 0.1) is 20.9 Å². The van der Waals surface area contributed by atoms with Crippen molar-refractivity contribution in [1.29, 1.82) is 0 Å². The number of ether oxygens (including phenoxy) is 1. The van der Waals surface area contributed by atoms with E-state index in [1.54, 1.807) is 40.3 Å². The van der Waals surface area contributed by atoms with Gasteiger partial charge in [0.15, 0.2) is 0 Å². The molecule has 3 heterocycles. The van der Waals surface area contributed by atoms with Crippen molar-refractivity contribution in [3.05, 3.63) is 41.8 Å². The maximum absolute atomic E-state index is 13.7. The van der Waals surface area contributed by atoms with E-state index < -0.39 is 10.0 Å². The zero-order valence-corrected chi connectivity index (χ0v) is 23.3. The molecule has 10 nitrogen and oxygen atoms in total. The van der Waals surface area contributed by atoms with Crippen LogP contribution in [0.15, 0.2) is 41.7 Å². The summed E-state index contributed by atoms with van der Waals surface area (Å²) >= 11 is 1.56. The summed E-state index contributed by atoms with van der Waals surface area (Å²) in [6, 6.07) is 5.52. The van der Waals surface area contributed by atoms with E-state index >= 15 is 0 Å². The highest BCUT2D eigenvalue weighted by molar-refractivity contribution is 7.89. The third-order valence-corrected chi connectivity index (χ3v) is 10.1. The Hall–Kier alpha value is -2.96. The fraction of sp³-hybridized carbons (Fsp3) is 0.500. The Morgan fingerprint density at radius 2 is 1.92 bits per heavy atom. The minimum Gasteiger partial charge on any atom is -0.447 e. The van der Waals surface area contributed by atoms with Crippen molar-refractivity contribution >= 4 is 39.1 Å². The molecule has 204 valence electrons. The number of anilines is 2. The summed E-state index contributed by atoms with van der Waals surface area (Å²) in [6.45, 7) is 4.74. The summed E-state index contributed by atoms with van der Waals surface area (Å²) in [4.78, 5) is 24.9. The van der Waals surface area contributed by atoms with Crippen molar-refractivity contribution in [3.63, 3.8) is 0 Å². The molecule has 2 aromatic heterocycles. The molecule has 3 aromatic rings. The second kappa shape index (κ2) is 11.4. The maximum atomic E-state index is 13.7. The molecule has 1 aromatic carbocycles. The fourth-order valence-corrected chi connectivity index (χ4v) is 8.00. The van der Waals surface area contributed by atoms with Crippen LogP contribution in [0.1, 0.15) is 63.3 Å². The molecular formula is C26H34N6O4S2. The minimum absolute atomic E-state index is 0.100. The van der Waals surface area contributed by atoms with E-state index in [1.165, 1.54) is 0 Å². The number of alkyl carbamates (subject to hydrolysis) is 1. The normalized spacial score (nSPS) is 20.5. The van der Waals surface area contributed by atoms with Crippen molar-refractivity contribution in [2.24, 2.45) is 0 Å². The minimum atomic E-state index is -3.67. The molecule has 2 aliphatic rings. The lowest BCUT2D eigenvalue weighted by Gasteiger charge is -2.28. The van der Waals surface area contributed by atoms with Crippen LogP contribution >= 0.6 is 11.3 Å². The maximum Gasteiger partial charge on any atom is 0.407 e. The average Bonchev–Trinajstić information content (AvgIpc) is 3.67. The van der Waals surface area contributed by atoms with Gasteiger partial charge in [-0.05, 0) is 64.5 Å². The van der Waals surface area contributed by atoms with Gasteiger partial charge in [0.2, 0.25) is 16.0 Å². The summed E-state index contributed by atoms with van der Waals surface area (Å²) in [6.07, 6.45) is 9.90. The molecule has 0 bridgehead atoms. The molecule has 0 spiro atoms. The Balaban J connectivity index is 1.35. The molecule has 5 rings (SSSR count). The molecule has 1 aliphatic carbocycles. The zero-order valence-electron chi connectivity index (χ0n) is 21.6. The number of benzene rings is 1. The summed E-state index contributed by atoms with van der Waals surface area (Å²) in [5, 5.41) is 7.12. The molecule has 1 saturated carbocycles. The molecule has 0 unspecified atom stereocenters. The van der Waals surface area contributed by atoms with Gasteiger partial charge in [0.1, 0.15) is 0 Å². The van der Waals surface area contributed by atoms with Crippen molar-refractivity contribution < 1.29 is 17.9 Å².